The summed E-state index contributed by atoms with van der Waals surface area (Å²) in [4.78, 5) is 28.2. The highest BCUT2D eigenvalue weighted by Gasteiger charge is 2.55. The van der Waals surface area contributed by atoms with E-state index in [-0.39, 0.29) is 39.3 Å². The Labute approximate surface area is 232 Å². The summed E-state index contributed by atoms with van der Waals surface area (Å²) in [5.74, 6) is -0.921. The Balaban J connectivity index is 1.55. The average Bonchev–Trinajstić information content (AvgIpc) is 3.46. The minimum absolute atomic E-state index is 0.125. The van der Waals surface area contributed by atoms with Crippen molar-refractivity contribution in [3.05, 3.63) is 119 Å². The molecule has 0 bridgehead atoms. The largest absolute Gasteiger partial charge is 0.462 e. The van der Waals surface area contributed by atoms with Crippen molar-refractivity contribution in [2.24, 2.45) is 0 Å². The molecular formula is C34H30O6. The molecule has 6 nitrogen and oxygen atoms in total. The fourth-order valence-corrected chi connectivity index (χ4v) is 6.73. The zero-order chi connectivity index (χ0) is 27.7. The summed E-state index contributed by atoms with van der Waals surface area (Å²) < 4.78 is 11.3. The maximum Gasteiger partial charge on any atom is 0.321 e. The average molecular weight is 535 g/mol. The maximum atomic E-state index is 14.1. The van der Waals surface area contributed by atoms with Gasteiger partial charge >= 0.3 is 11.9 Å². The van der Waals surface area contributed by atoms with Crippen molar-refractivity contribution < 1.29 is 29.3 Å². The Morgan fingerprint density at radius 1 is 0.500 bits per heavy atom. The van der Waals surface area contributed by atoms with Gasteiger partial charge in [0.1, 0.15) is 24.0 Å². The first-order valence-electron chi connectivity index (χ1n) is 13.5. The standard InChI is InChI=1S/C34H30O6/c35-19-21-39-31(37)33(27-13-5-1-9-23(27)24-10-2-6-14-28(24)33)17-18-34(32(38)40-22-20-36)29-15-7-3-11-25(29)26-12-4-8-16-30(26)34/h1-16,35-36H,17-22H2. The van der Waals surface area contributed by atoms with E-state index >= 15 is 0 Å². The van der Waals surface area contributed by atoms with E-state index in [1.807, 2.05) is 97.1 Å². The number of hydrogen-bond donors (Lipinski definition) is 2. The Morgan fingerprint density at radius 3 is 1.05 bits per heavy atom. The van der Waals surface area contributed by atoms with Gasteiger partial charge in [0.15, 0.2) is 0 Å². The van der Waals surface area contributed by atoms with Gasteiger partial charge in [-0.15, -0.1) is 0 Å². The lowest BCUT2D eigenvalue weighted by Gasteiger charge is -2.35. The third-order valence-electron chi connectivity index (χ3n) is 8.35. The molecule has 6 rings (SSSR count). The van der Waals surface area contributed by atoms with Crippen LogP contribution in [0.25, 0.3) is 22.3 Å². The molecule has 0 spiro atoms. The predicted molar refractivity (Wildman–Crippen MR) is 151 cm³/mol. The van der Waals surface area contributed by atoms with Crippen LogP contribution in [0.2, 0.25) is 0 Å². The van der Waals surface area contributed by atoms with Crippen molar-refractivity contribution in [3.8, 4) is 22.3 Å². The number of aliphatic hydroxyl groups is 2. The highest BCUT2D eigenvalue weighted by molar-refractivity contribution is 6.00. The Bertz CT molecular complexity index is 1380. The lowest BCUT2D eigenvalue weighted by Crippen LogP contribution is -2.43. The fourth-order valence-electron chi connectivity index (χ4n) is 6.73. The summed E-state index contributed by atoms with van der Waals surface area (Å²) in [6, 6.07) is 31.2. The van der Waals surface area contributed by atoms with Crippen LogP contribution in [0.1, 0.15) is 35.1 Å². The molecule has 0 aliphatic heterocycles. The lowest BCUT2D eigenvalue weighted by molar-refractivity contribution is -0.153. The molecule has 2 aliphatic rings. The number of fused-ring (bicyclic) bond motifs is 6. The van der Waals surface area contributed by atoms with Crippen LogP contribution in [0.4, 0.5) is 0 Å². The Morgan fingerprint density at radius 2 is 0.775 bits per heavy atom. The molecular weight excluding hydrogens is 504 g/mol. The van der Waals surface area contributed by atoms with Gasteiger partial charge in [0, 0.05) is 0 Å². The fraction of sp³-hybridized carbons (Fsp3) is 0.235. The molecule has 0 fully saturated rings. The van der Waals surface area contributed by atoms with Crippen LogP contribution in [-0.2, 0) is 29.9 Å². The summed E-state index contributed by atoms with van der Waals surface area (Å²) in [5, 5.41) is 19.0. The summed E-state index contributed by atoms with van der Waals surface area (Å²) in [6.45, 7) is -0.826. The van der Waals surface area contributed by atoms with Crippen LogP contribution < -0.4 is 0 Å². The maximum absolute atomic E-state index is 14.1. The van der Waals surface area contributed by atoms with Crippen LogP contribution in [-0.4, -0.2) is 48.6 Å². The zero-order valence-corrected chi connectivity index (χ0v) is 22.0. The van der Waals surface area contributed by atoms with E-state index in [2.05, 4.69) is 0 Å². The second-order valence-electron chi connectivity index (χ2n) is 10.2. The molecule has 6 heteroatoms. The first kappa shape index (κ1) is 26.0. The second-order valence-corrected chi connectivity index (χ2v) is 10.2. The first-order valence-corrected chi connectivity index (χ1v) is 13.5. The van der Waals surface area contributed by atoms with E-state index in [1.54, 1.807) is 0 Å². The molecule has 0 heterocycles. The van der Waals surface area contributed by atoms with Gasteiger partial charge in [-0.1, -0.05) is 97.1 Å². The van der Waals surface area contributed by atoms with Crippen molar-refractivity contribution in [2.45, 2.75) is 23.7 Å². The first-order chi connectivity index (χ1) is 19.6. The summed E-state index contributed by atoms with van der Waals surface area (Å²) >= 11 is 0. The Kier molecular flexibility index (Phi) is 6.74. The van der Waals surface area contributed by atoms with E-state index in [0.717, 1.165) is 44.5 Å². The third-order valence-corrected chi connectivity index (χ3v) is 8.35. The van der Waals surface area contributed by atoms with Crippen molar-refractivity contribution in [1.29, 1.82) is 0 Å². The van der Waals surface area contributed by atoms with E-state index in [1.165, 1.54) is 0 Å². The van der Waals surface area contributed by atoms with Gasteiger partial charge in [0.25, 0.3) is 0 Å². The van der Waals surface area contributed by atoms with Gasteiger partial charge in [0.05, 0.1) is 13.2 Å². The topological polar surface area (TPSA) is 93.1 Å². The van der Waals surface area contributed by atoms with Crippen LogP contribution in [0.15, 0.2) is 97.1 Å². The van der Waals surface area contributed by atoms with Gasteiger partial charge in [-0.3, -0.25) is 9.59 Å². The van der Waals surface area contributed by atoms with E-state index in [9.17, 15) is 19.8 Å². The highest BCUT2D eigenvalue weighted by Crippen LogP contribution is 2.57. The number of aliphatic hydroxyl groups excluding tert-OH is 2. The lowest BCUT2D eigenvalue weighted by atomic mass is 9.67. The second kappa shape index (κ2) is 10.4. The number of carbonyl (C=O) groups is 2. The molecule has 0 atom stereocenters. The highest BCUT2D eigenvalue weighted by atomic mass is 16.5. The number of rotatable bonds is 9. The van der Waals surface area contributed by atoms with Gasteiger partial charge < -0.3 is 19.7 Å². The molecule has 40 heavy (non-hydrogen) atoms. The smallest absolute Gasteiger partial charge is 0.321 e. The molecule has 0 radical (unpaired) electrons. The predicted octanol–water partition coefficient (Wildman–Crippen LogP) is 4.77. The van der Waals surface area contributed by atoms with E-state index in [4.69, 9.17) is 9.47 Å². The van der Waals surface area contributed by atoms with E-state index < -0.39 is 22.8 Å². The normalized spacial score (nSPS) is 14.9. The van der Waals surface area contributed by atoms with Crippen LogP contribution in [0.3, 0.4) is 0 Å². The van der Waals surface area contributed by atoms with Crippen molar-refractivity contribution >= 4 is 11.9 Å². The molecule has 0 saturated heterocycles. The van der Waals surface area contributed by atoms with Gasteiger partial charge in [-0.2, -0.15) is 0 Å². The quantitative estimate of drug-likeness (QED) is 0.301. The molecule has 202 valence electrons. The monoisotopic (exact) mass is 534 g/mol. The van der Waals surface area contributed by atoms with Crippen LogP contribution in [0, 0.1) is 0 Å². The molecule has 0 saturated carbocycles. The summed E-state index contributed by atoms with van der Waals surface area (Å²) in [5.41, 5.74) is 4.67. The number of benzene rings is 4. The third kappa shape index (κ3) is 3.71. The molecule has 0 aromatic heterocycles. The zero-order valence-electron chi connectivity index (χ0n) is 22.0. The molecule has 4 aromatic carbocycles. The SMILES string of the molecule is O=C(OCCO)C1(CCC2(C(=O)OCCO)c3ccccc3-c3ccccc32)c2ccccc2-c2ccccc21. The van der Waals surface area contributed by atoms with Crippen molar-refractivity contribution in [3.63, 3.8) is 0 Å². The van der Waals surface area contributed by atoms with Gasteiger partial charge in [0.2, 0.25) is 0 Å². The number of hydrogen-bond acceptors (Lipinski definition) is 6. The molecule has 2 N–H and O–H groups in total. The van der Waals surface area contributed by atoms with Gasteiger partial charge in [-0.05, 0) is 57.3 Å². The van der Waals surface area contributed by atoms with Gasteiger partial charge in [-0.25, -0.2) is 0 Å². The van der Waals surface area contributed by atoms with E-state index in [0.29, 0.717) is 0 Å². The van der Waals surface area contributed by atoms with Crippen LogP contribution in [0.5, 0.6) is 0 Å². The minimum Gasteiger partial charge on any atom is -0.462 e. The summed E-state index contributed by atoms with van der Waals surface area (Å²) in [6.07, 6.45) is 0.504. The Hall–Kier alpha value is -4.26. The number of ether oxygens (including phenoxy) is 2. The number of esters is 2. The molecule has 0 amide bonds. The molecule has 2 aliphatic carbocycles. The summed E-state index contributed by atoms with van der Waals surface area (Å²) in [7, 11) is 0. The molecule has 4 aromatic rings. The van der Waals surface area contributed by atoms with Crippen molar-refractivity contribution in [2.75, 3.05) is 26.4 Å². The van der Waals surface area contributed by atoms with Crippen LogP contribution >= 0.6 is 0 Å². The number of carbonyl (C=O) groups excluding carboxylic acids is 2. The van der Waals surface area contributed by atoms with Crippen molar-refractivity contribution in [1.82, 2.24) is 0 Å². The minimum atomic E-state index is -1.20. The molecule has 0 unspecified atom stereocenters.